The molecule has 0 aliphatic carbocycles. The van der Waals surface area contributed by atoms with Crippen LogP contribution in [0.2, 0.25) is 0 Å². The van der Waals surface area contributed by atoms with Gasteiger partial charge in [0.15, 0.2) is 0 Å². The molecule has 1 nitrogen and oxygen atoms in total. The minimum atomic E-state index is 0.319. The van der Waals surface area contributed by atoms with Gasteiger partial charge in [0.1, 0.15) is 6.10 Å². The molecule has 2 heteroatoms. The van der Waals surface area contributed by atoms with Crippen LogP contribution in [-0.2, 0) is 4.74 Å². The predicted molar refractivity (Wildman–Crippen MR) is 46.5 cm³/mol. The fraction of sp³-hybridized carbons (Fsp3) is 0.333. The third-order valence-corrected chi connectivity index (χ3v) is 2.76. The second-order valence-corrected chi connectivity index (χ2v) is 3.57. The van der Waals surface area contributed by atoms with E-state index in [9.17, 15) is 0 Å². The lowest BCUT2D eigenvalue weighted by molar-refractivity contribution is 0.128. The van der Waals surface area contributed by atoms with Crippen molar-refractivity contribution < 1.29 is 4.74 Å². The van der Waals surface area contributed by atoms with Crippen molar-refractivity contribution in [1.82, 2.24) is 0 Å². The van der Waals surface area contributed by atoms with Crippen molar-refractivity contribution in [2.45, 2.75) is 18.9 Å². The summed E-state index contributed by atoms with van der Waals surface area (Å²) in [5, 5.41) is 2.09. The normalized spacial score (nSPS) is 23.1. The SMILES string of the molecule is C1=COC(c2cccs2)CC1. The topological polar surface area (TPSA) is 9.23 Å². The molecule has 11 heavy (non-hydrogen) atoms. The first-order valence-corrected chi connectivity index (χ1v) is 4.68. The van der Waals surface area contributed by atoms with E-state index in [1.807, 2.05) is 6.26 Å². The third kappa shape index (κ3) is 1.46. The maximum absolute atomic E-state index is 5.45. The summed E-state index contributed by atoms with van der Waals surface area (Å²) >= 11 is 1.77. The fourth-order valence-electron chi connectivity index (χ4n) is 1.22. The standard InChI is InChI=1S/C9H10OS/c1-2-6-10-8(4-1)9-5-3-7-11-9/h2-3,5-8H,1,4H2. The van der Waals surface area contributed by atoms with Crippen LogP contribution in [-0.4, -0.2) is 0 Å². The lowest BCUT2D eigenvalue weighted by atomic mass is 10.1. The van der Waals surface area contributed by atoms with E-state index < -0.39 is 0 Å². The first kappa shape index (κ1) is 6.92. The molecule has 1 unspecified atom stereocenters. The largest absolute Gasteiger partial charge is 0.493 e. The highest BCUT2D eigenvalue weighted by Gasteiger charge is 2.13. The monoisotopic (exact) mass is 166 g/mol. The molecule has 1 aliphatic heterocycles. The molecule has 0 aromatic carbocycles. The van der Waals surface area contributed by atoms with E-state index in [-0.39, 0.29) is 0 Å². The van der Waals surface area contributed by atoms with Gasteiger partial charge in [-0.3, -0.25) is 0 Å². The molecule has 0 spiro atoms. The zero-order valence-electron chi connectivity index (χ0n) is 6.19. The van der Waals surface area contributed by atoms with Gasteiger partial charge in [-0.15, -0.1) is 11.3 Å². The summed E-state index contributed by atoms with van der Waals surface area (Å²) in [6, 6.07) is 4.20. The van der Waals surface area contributed by atoms with Crippen LogP contribution in [0.15, 0.2) is 29.9 Å². The van der Waals surface area contributed by atoms with Crippen molar-refractivity contribution in [3.63, 3.8) is 0 Å². The van der Waals surface area contributed by atoms with Gasteiger partial charge in [-0.25, -0.2) is 0 Å². The molecule has 58 valence electrons. The number of hydrogen-bond acceptors (Lipinski definition) is 2. The Hall–Kier alpha value is -0.760. The number of allylic oxidation sites excluding steroid dienone is 1. The Labute approximate surface area is 70.3 Å². The van der Waals surface area contributed by atoms with Gasteiger partial charge >= 0.3 is 0 Å². The van der Waals surface area contributed by atoms with Gasteiger partial charge < -0.3 is 4.74 Å². The molecule has 0 N–H and O–H groups in total. The zero-order chi connectivity index (χ0) is 7.52. The Balaban J connectivity index is 2.11. The fourth-order valence-corrected chi connectivity index (χ4v) is 2.01. The third-order valence-electron chi connectivity index (χ3n) is 1.80. The van der Waals surface area contributed by atoms with E-state index in [4.69, 9.17) is 4.74 Å². The molecular formula is C9H10OS. The maximum Gasteiger partial charge on any atom is 0.132 e. The molecule has 1 aromatic heterocycles. The molecular weight excluding hydrogens is 156 g/mol. The van der Waals surface area contributed by atoms with Crippen LogP contribution in [0.5, 0.6) is 0 Å². The first-order valence-electron chi connectivity index (χ1n) is 3.81. The van der Waals surface area contributed by atoms with Crippen LogP contribution in [0.4, 0.5) is 0 Å². The summed E-state index contributed by atoms with van der Waals surface area (Å²) < 4.78 is 5.45. The molecule has 0 amide bonds. The highest BCUT2D eigenvalue weighted by molar-refractivity contribution is 7.10. The molecule has 0 saturated carbocycles. The van der Waals surface area contributed by atoms with E-state index in [0.717, 1.165) is 12.8 Å². The highest BCUT2D eigenvalue weighted by Crippen LogP contribution is 2.29. The lowest BCUT2D eigenvalue weighted by Gasteiger charge is -2.17. The van der Waals surface area contributed by atoms with Gasteiger partial charge in [-0.1, -0.05) is 6.07 Å². The molecule has 0 fully saturated rings. The van der Waals surface area contributed by atoms with Crippen LogP contribution in [0.25, 0.3) is 0 Å². The van der Waals surface area contributed by atoms with Gasteiger partial charge in [-0.2, -0.15) is 0 Å². The number of ether oxygens (including phenoxy) is 1. The van der Waals surface area contributed by atoms with E-state index in [1.165, 1.54) is 4.88 Å². The van der Waals surface area contributed by atoms with Crippen LogP contribution >= 0.6 is 11.3 Å². The molecule has 0 bridgehead atoms. The first-order chi connectivity index (χ1) is 5.47. The molecule has 1 aliphatic rings. The highest BCUT2D eigenvalue weighted by atomic mass is 32.1. The van der Waals surface area contributed by atoms with Gasteiger partial charge in [-0.05, 0) is 30.4 Å². The second kappa shape index (κ2) is 3.09. The van der Waals surface area contributed by atoms with Crippen molar-refractivity contribution in [3.05, 3.63) is 34.7 Å². The molecule has 0 saturated heterocycles. The van der Waals surface area contributed by atoms with Gasteiger partial charge in [0, 0.05) is 4.88 Å². The number of thiophene rings is 1. The van der Waals surface area contributed by atoms with Crippen LogP contribution in [0, 0.1) is 0 Å². The molecule has 2 rings (SSSR count). The average molecular weight is 166 g/mol. The summed E-state index contributed by atoms with van der Waals surface area (Å²) in [4.78, 5) is 1.34. The number of rotatable bonds is 1. The van der Waals surface area contributed by atoms with Crippen LogP contribution < -0.4 is 0 Å². The summed E-state index contributed by atoms with van der Waals surface area (Å²) in [6.45, 7) is 0. The Morgan fingerprint density at radius 3 is 3.18 bits per heavy atom. The van der Waals surface area contributed by atoms with Crippen molar-refractivity contribution in [2.75, 3.05) is 0 Å². The van der Waals surface area contributed by atoms with E-state index >= 15 is 0 Å². The number of hydrogen-bond donors (Lipinski definition) is 0. The quantitative estimate of drug-likeness (QED) is 0.623. The lowest BCUT2D eigenvalue weighted by Crippen LogP contribution is -2.00. The Bertz CT molecular complexity index is 238. The summed E-state index contributed by atoms with van der Waals surface area (Å²) in [6.07, 6.45) is 6.47. The minimum Gasteiger partial charge on any atom is -0.493 e. The molecule has 1 aromatic rings. The Morgan fingerprint density at radius 2 is 2.55 bits per heavy atom. The predicted octanol–water partition coefficient (Wildman–Crippen LogP) is 3.11. The van der Waals surface area contributed by atoms with Crippen LogP contribution in [0.3, 0.4) is 0 Å². The molecule has 1 atom stereocenters. The maximum atomic E-state index is 5.45. The summed E-state index contributed by atoms with van der Waals surface area (Å²) in [5.41, 5.74) is 0. The zero-order valence-corrected chi connectivity index (χ0v) is 7.01. The Kier molecular flexibility index (Phi) is 1.95. The van der Waals surface area contributed by atoms with Crippen LogP contribution in [0.1, 0.15) is 23.8 Å². The smallest absolute Gasteiger partial charge is 0.132 e. The summed E-state index contributed by atoms with van der Waals surface area (Å²) in [5.74, 6) is 0. The van der Waals surface area contributed by atoms with E-state index in [0.29, 0.717) is 6.10 Å². The van der Waals surface area contributed by atoms with E-state index in [1.54, 1.807) is 11.3 Å². The molecule has 2 heterocycles. The van der Waals surface area contributed by atoms with Crippen molar-refractivity contribution in [2.24, 2.45) is 0 Å². The average Bonchev–Trinajstić information content (AvgIpc) is 2.58. The summed E-state index contributed by atoms with van der Waals surface area (Å²) in [7, 11) is 0. The van der Waals surface area contributed by atoms with Gasteiger partial charge in [0.25, 0.3) is 0 Å². The second-order valence-electron chi connectivity index (χ2n) is 2.59. The Morgan fingerprint density at radius 1 is 1.55 bits per heavy atom. The van der Waals surface area contributed by atoms with Gasteiger partial charge in [0.05, 0.1) is 6.26 Å². The molecule has 0 radical (unpaired) electrons. The van der Waals surface area contributed by atoms with Crippen molar-refractivity contribution >= 4 is 11.3 Å². The van der Waals surface area contributed by atoms with E-state index in [2.05, 4.69) is 23.6 Å². The van der Waals surface area contributed by atoms with Gasteiger partial charge in [0.2, 0.25) is 0 Å². The van der Waals surface area contributed by atoms with Crippen molar-refractivity contribution in [3.8, 4) is 0 Å². The minimum absolute atomic E-state index is 0.319. The van der Waals surface area contributed by atoms with Crippen molar-refractivity contribution in [1.29, 1.82) is 0 Å².